The summed E-state index contributed by atoms with van der Waals surface area (Å²) >= 11 is 0. The largest absolute Gasteiger partial charge is 0.403 e. The van der Waals surface area contributed by atoms with Crippen LogP contribution in [-0.2, 0) is 9.53 Å². The zero-order chi connectivity index (χ0) is 25.5. The number of hydrogen-bond donors (Lipinski definition) is 2. The summed E-state index contributed by atoms with van der Waals surface area (Å²) in [5.74, 6) is 0.812. The lowest BCUT2D eigenvalue weighted by Crippen LogP contribution is -2.46. The number of benzodiazepines with no additional fused rings is 1. The number of para-hydroxylation sites is 1. The minimum atomic E-state index is -0.977. The van der Waals surface area contributed by atoms with Crippen LogP contribution in [0.25, 0.3) is 11.5 Å². The minimum absolute atomic E-state index is 0.0991. The maximum Gasteiger partial charge on any atom is 0.317 e. The van der Waals surface area contributed by atoms with Crippen molar-refractivity contribution in [3.8, 4) is 11.5 Å². The number of hydrogen-bond acceptors (Lipinski definition) is 9. The number of amides is 1. The molecule has 5 heterocycles. The van der Waals surface area contributed by atoms with Crippen LogP contribution in [0.4, 0.5) is 17.5 Å². The molecule has 4 aromatic rings. The number of carbonyl (C=O) groups excluding carboxylic acids is 1. The summed E-state index contributed by atoms with van der Waals surface area (Å²) in [6, 6.07) is 21.8. The van der Waals surface area contributed by atoms with E-state index in [1.807, 2.05) is 66.7 Å². The summed E-state index contributed by atoms with van der Waals surface area (Å²) in [6.07, 6.45) is 2.93. The van der Waals surface area contributed by atoms with Crippen molar-refractivity contribution in [3.63, 3.8) is 0 Å². The van der Waals surface area contributed by atoms with Crippen LogP contribution in [0.3, 0.4) is 0 Å². The molecule has 1 amide bonds. The van der Waals surface area contributed by atoms with Gasteiger partial charge < -0.3 is 24.7 Å². The lowest BCUT2D eigenvalue weighted by Gasteiger charge is -2.36. The van der Waals surface area contributed by atoms with Crippen LogP contribution in [0.15, 0.2) is 82.3 Å². The summed E-state index contributed by atoms with van der Waals surface area (Å²) in [7, 11) is 0. The number of nitrogens with one attached hydrogen (secondary N) is 2. The van der Waals surface area contributed by atoms with E-state index < -0.39 is 6.17 Å². The number of morpholine rings is 1. The molecule has 3 aliphatic heterocycles. The van der Waals surface area contributed by atoms with Gasteiger partial charge in [-0.05, 0) is 31.0 Å². The number of aliphatic imine (C=N–C) groups is 1. The summed E-state index contributed by atoms with van der Waals surface area (Å²) in [5, 5.41) is 14.5. The van der Waals surface area contributed by atoms with Gasteiger partial charge in [-0.1, -0.05) is 53.6 Å². The van der Waals surface area contributed by atoms with E-state index in [4.69, 9.17) is 14.1 Å². The molecule has 3 unspecified atom stereocenters. The number of nitrogens with zero attached hydrogens (tertiary/aromatic N) is 5. The van der Waals surface area contributed by atoms with E-state index in [2.05, 4.69) is 30.7 Å². The Balaban J connectivity index is 1.21. The molecule has 2 bridgehead atoms. The van der Waals surface area contributed by atoms with Crippen LogP contribution in [0.2, 0.25) is 0 Å². The van der Waals surface area contributed by atoms with Crippen molar-refractivity contribution in [2.45, 2.75) is 31.1 Å². The first-order valence-corrected chi connectivity index (χ1v) is 12.7. The average molecular weight is 508 g/mol. The van der Waals surface area contributed by atoms with E-state index in [-0.39, 0.29) is 24.0 Å². The maximum atomic E-state index is 13.2. The number of rotatable bonds is 5. The van der Waals surface area contributed by atoms with Gasteiger partial charge in [-0.2, -0.15) is 0 Å². The molecule has 0 radical (unpaired) electrons. The Kier molecular flexibility index (Phi) is 5.58. The van der Waals surface area contributed by atoms with Gasteiger partial charge in [0.15, 0.2) is 0 Å². The van der Waals surface area contributed by atoms with Crippen molar-refractivity contribution in [3.05, 3.63) is 84.1 Å². The van der Waals surface area contributed by atoms with Gasteiger partial charge in [0.05, 0.1) is 42.3 Å². The molecule has 2 saturated heterocycles. The third-order valence-electron chi connectivity index (χ3n) is 7.18. The first-order valence-electron chi connectivity index (χ1n) is 12.7. The fourth-order valence-corrected chi connectivity index (χ4v) is 5.43. The number of pyridine rings is 1. The second-order valence-corrected chi connectivity index (χ2v) is 9.54. The number of carbonyl (C=O) groups is 1. The first kappa shape index (κ1) is 22.6. The highest BCUT2D eigenvalue weighted by Gasteiger charge is 2.39. The normalized spacial score (nSPS) is 22.3. The zero-order valence-electron chi connectivity index (χ0n) is 20.4. The van der Waals surface area contributed by atoms with Crippen LogP contribution < -0.4 is 15.5 Å². The molecular formula is C28H25N7O3. The maximum absolute atomic E-state index is 13.2. The molecule has 2 aromatic heterocycles. The standard InChI is InChI=1S/C28H25N7O3/c36-26-24(31-23(17-7-2-1-3-8-17)20-9-4-5-11-22(20)30-26)32-28-34-33-27(38-28)21-10-6-14-29-25(21)35-18-12-13-19(35)16-37-15-18/h1-11,14,18-19,24H,12-13,15-16H2,(H,30,36)(H,32,34). The zero-order valence-corrected chi connectivity index (χ0v) is 20.4. The van der Waals surface area contributed by atoms with Gasteiger partial charge in [0.25, 0.3) is 11.8 Å². The molecule has 10 nitrogen and oxygen atoms in total. The van der Waals surface area contributed by atoms with E-state index in [0.717, 1.165) is 35.3 Å². The molecule has 0 spiro atoms. The van der Waals surface area contributed by atoms with Gasteiger partial charge in [-0.3, -0.25) is 4.79 Å². The summed E-state index contributed by atoms with van der Waals surface area (Å²) in [4.78, 5) is 25.0. The van der Waals surface area contributed by atoms with Crippen molar-refractivity contribution in [2.75, 3.05) is 28.7 Å². The highest BCUT2D eigenvalue weighted by atomic mass is 16.5. The molecular weight excluding hydrogens is 482 g/mol. The quantitative estimate of drug-likeness (QED) is 0.420. The Hall–Kier alpha value is -4.57. The van der Waals surface area contributed by atoms with Crippen LogP contribution >= 0.6 is 0 Å². The number of fused-ring (bicyclic) bond motifs is 3. The van der Waals surface area contributed by atoms with E-state index in [1.54, 1.807) is 6.20 Å². The molecule has 3 aliphatic rings. The number of benzene rings is 2. The Morgan fingerprint density at radius 1 is 0.895 bits per heavy atom. The third kappa shape index (κ3) is 3.99. The molecule has 38 heavy (non-hydrogen) atoms. The highest BCUT2D eigenvalue weighted by molar-refractivity contribution is 6.19. The number of anilines is 3. The summed E-state index contributed by atoms with van der Waals surface area (Å²) in [5.41, 5.74) is 3.86. The molecule has 190 valence electrons. The van der Waals surface area contributed by atoms with Crippen molar-refractivity contribution in [1.29, 1.82) is 0 Å². The molecule has 2 fully saturated rings. The minimum Gasteiger partial charge on any atom is -0.403 e. The Labute approximate surface area is 218 Å². The van der Waals surface area contributed by atoms with Crippen molar-refractivity contribution < 1.29 is 13.9 Å². The molecule has 7 rings (SSSR count). The summed E-state index contributed by atoms with van der Waals surface area (Å²) in [6.45, 7) is 1.37. The average Bonchev–Trinajstić information content (AvgIpc) is 3.48. The Bertz CT molecular complexity index is 1500. The molecule has 2 N–H and O–H groups in total. The lowest BCUT2D eigenvalue weighted by molar-refractivity contribution is -0.116. The lowest BCUT2D eigenvalue weighted by atomic mass is 10.0. The Morgan fingerprint density at radius 3 is 2.50 bits per heavy atom. The number of ether oxygens (including phenoxy) is 1. The van der Waals surface area contributed by atoms with Crippen LogP contribution in [0.5, 0.6) is 0 Å². The van der Waals surface area contributed by atoms with E-state index >= 15 is 0 Å². The molecule has 0 saturated carbocycles. The van der Waals surface area contributed by atoms with Gasteiger partial charge in [0.1, 0.15) is 5.82 Å². The Morgan fingerprint density at radius 2 is 1.66 bits per heavy atom. The molecule has 3 atom stereocenters. The predicted octanol–water partition coefficient (Wildman–Crippen LogP) is 3.73. The topological polar surface area (TPSA) is 118 Å². The second kappa shape index (κ2) is 9.38. The van der Waals surface area contributed by atoms with Crippen LogP contribution in [0, 0.1) is 0 Å². The van der Waals surface area contributed by atoms with Crippen LogP contribution in [-0.4, -0.2) is 58.3 Å². The highest BCUT2D eigenvalue weighted by Crippen LogP contribution is 2.38. The second-order valence-electron chi connectivity index (χ2n) is 9.54. The van der Waals surface area contributed by atoms with Gasteiger partial charge in [0.2, 0.25) is 6.17 Å². The van der Waals surface area contributed by atoms with Gasteiger partial charge in [0, 0.05) is 17.3 Å². The van der Waals surface area contributed by atoms with Crippen molar-refractivity contribution in [2.24, 2.45) is 4.99 Å². The SMILES string of the molecule is O=C1Nc2ccccc2C(c2ccccc2)=NC1Nc1nnc(-c2cccnc2N2C3CCC2COC3)o1. The smallest absolute Gasteiger partial charge is 0.317 e. The molecule has 0 aliphatic carbocycles. The summed E-state index contributed by atoms with van der Waals surface area (Å²) < 4.78 is 11.8. The van der Waals surface area contributed by atoms with Gasteiger partial charge in [-0.25, -0.2) is 9.98 Å². The van der Waals surface area contributed by atoms with Crippen molar-refractivity contribution >= 4 is 29.1 Å². The van der Waals surface area contributed by atoms with Gasteiger partial charge >= 0.3 is 6.01 Å². The van der Waals surface area contributed by atoms with Crippen LogP contribution in [0.1, 0.15) is 24.0 Å². The predicted molar refractivity (Wildman–Crippen MR) is 142 cm³/mol. The first-order chi connectivity index (χ1) is 18.7. The van der Waals surface area contributed by atoms with Gasteiger partial charge in [-0.15, -0.1) is 5.10 Å². The molecule has 10 heteroatoms. The van der Waals surface area contributed by atoms with E-state index in [0.29, 0.717) is 30.5 Å². The van der Waals surface area contributed by atoms with Crippen molar-refractivity contribution in [1.82, 2.24) is 15.2 Å². The fourth-order valence-electron chi connectivity index (χ4n) is 5.43. The monoisotopic (exact) mass is 507 g/mol. The molecule has 2 aromatic carbocycles. The third-order valence-corrected chi connectivity index (χ3v) is 7.18. The van der Waals surface area contributed by atoms with E-state index in [1.165, 1.54) is 0 Å². The fraction of sp³-hybridized carbons (Fsp3) is 0.250. The number of aromatic nitrogens is 3. The van der Waals surface area contributed by atoms with E-state index in [9.17, 15) is 4.79 Å².